The molecule has 21 heavy (non-hydrogen) atoms. The fraction of sp³-hybridized carbons (Fsp3) is 0.0588. The van der Waals surface area contributed by atoms with Crippen LogP contribution in [-0.2, 0) is 6.54 Å². The normalized spacial score (nSPS) is 10.9. The van der Waals surface area contributed by atoms with Gasteiger partial charge in [0, 0.05) is 22.9 Å². The fourth-order valence-corrected chi connectivity index (χ4v) is 2.61. The number of nitrogens with zero attached hydrogens (tertiary/aromatic N) is 1. The summed E-state index contributed by atoms with van der Waals surface area (Å²) >= 11 is 0. The second kappa shape index (κ2) is 4.90. The molecule has 0 radical (unpaired) electrons. The summed E-state index contributed by atoms with van der Waals surface area (Å²) in [6.45, 7) is 4.11. The lowest BCUT2D eigenvalue weighted by molar-refractivity contribution is 0.100. The van der Waals surface area contributed by atoms with Crippen molar-refractivity contribution in [3.63, 3.8) is 0 Å². The summed E-state index contributed by atoms with van der Waals surface area (Å²) in [5.74, 6) is -0.484. The lowest BCUT2D eigenvalue weighted by atomic mass is 10.0. The third-order valence-corrected chi connectivity index (χ3v) is 3.58. The second-order valence-electron chi connectivity index (χ2n) is 4.85. The predicted octanol–water partition coefficient (Wildman–Crippen LogP) is 2.44. The highest BCUT2D eigenvalue weighted by Gasteiger charge is 2.11. The molecule has 4 nitrogen and oxygen atoms in total. The zero-order valence-electron chi connectivity index (χ0n) is 11.4. The average Bonchev–Trinajstić information content (AvgIpc) is 2.51. The standard InChI is InChI=1S/C17H14N2O2/c1-2-9-19-15-8-7-11(16(18)20)10-14(15)12-5-3-4-6-13(12)17(19)21/h2-8,10H,1,9H2,(H2,18,20). The van der Waals surface area contributed by atoms with Crippen LogP contribution in [0, 0.1) is 0 Å². The molecule has 104 valence electrons. The molecule has 0 bridgehead atoms. The van der Waals surface area contributed by atoms with Crippen molar-refractivity contribution in [1.29, 1.82) is 0 Å². The topological polar surface area (TPSA) is 65.1 Å². The van der Waals surface area contributed by atoms with Crippen molar-refractivity contribution in [2.75, 3.05) is 0 Å². The lowest BCUT2D eigenvalue weighted by Crippen LogP contribution is -2.20. The highest BCUT2D eigenvalue weighted by Crippen LogP contribution is 2.24. The lowest BCUT2D eigenvalue weighted by Gasteiger charge is -2.12. The Labute approximate surface area is 121 Å². The second-order valence-corrected chi connectivity index (χ2v) is 4.85. The number of aromatic nitrogens is 1. The Balaban J connectivity index is 2.55. The Kier molecular flexibility index (Phi) is 3.06. The van der Waals surface area contributed by atoms with Crippen LogP contribution in [0.2, 0.25) is 0 Å². The molecule has 0 aliphatic heterocycles. The van der Waals surface area contributed by atoms with E-state index in [-0.39, 0.29) is 5.56 Å². The third-order valence-electron chi connectivity index (χ3n) is 3.58. The van der Waals surface area contributed by atoms with Gasteiger partial charge < -0.3 is 10.3 Å². The Morgan fingerprint density at radius 2 is 1.86 bits per heavy atom. The molecular weight excluding hydrogens is 264 g/mol. The largest absolute Gasteiger partial charge is 0.366 e. The number of amides is 1. The Bertz CT molecular complexity index is 939. The van der Waals surface area contributed by atoms with Gasteiger partial charge >= 0.3 is 0 Å². The number of hydrogen-bond acceptors (Lipinski definition) is 2. The van der Waals surface area contributed by atoms with E-state index in [1.165, 1.54) is 0 Å². The summed E-state index contributed by atoms with van der Waals surface area (Å²) in [5, 5.41) is 2.28. The molecule has 3 aromatic rings. The molecule has 0 aliphatic carbocycles. The predicted molar refractivity (Wildman–Crippen MR) is 84.4 cm³/mol. The Morgan fingerprint density at radius 1 is 1.14 bits per heavy atom. The van der Waals surface area contributed by atoms with Crippen molar-refractivity contribution in [1.82, 2.24) is 4.57 Å². The van der Waals surface area contributed by atoms with Gasteiger partial charge in [0.05, 0.1) is 5.52 Å². The van der Waals surface area contributed by atoms with Gasteiger partial charge in [0.1, 0.15) is 0 Å². The third kappa shape index (κ3) is 2.01. The van der Waals surface area contributed by atoms with Crippen LogP contribution in [-0.4, -0.2) is 10.5 Å². The highest BCUT2D eigenvalue weighted by molar-refractivity contribution is 6.08. The van der Waals surface area contributed by atoms with Crippen molar-refractivity contribution in [3.05, 3.63) is 71.0 Å². The van der Waals surface area contributed by atoms with Gasteiger partial charge in [-0.1, -0.05) is 24.3 Å². The maximum Gasteiger partial charge on any atom is 0.259 e. The van der Waals surface area contributed by atoms with Crippen LogP contribution in [0.25, 0.3) is 21.7 Å². The van der Waals surface area contributed by atoms with E-state index in [4.69, 9.17) is 5.73 Å². The van der Waals surface area contributed by atoms with E-state index in [0.29, 0.717) is 17.5 Å². The highest BCUT2D eigenvalue weighted by atomic mass is 16.1. The van der Waals surface area contributed by atoms with E-state index in [9.17, 15) is 9.59 Å². The summed E-state index contributed by atoms with van der Waals surface area (Å²) in [5.41, 5.74) is 6.48. The van der Waals surface area contributed by atoms with Crippen molar-refractivity contribution < 1.29 is 4.79 Å². The van der Waals surface area contributed by atoms with Crippen molar-refractivity contribution in [2.24, 2.45) is 5.73 Å². The minimum absolute atomic E-state index is 0.0650. The van der Waals surface area contributed by atoms with Gasteiger partial charge in [-0.3, -0.25) is 9.59 Å². The number of hydrogen-bond donors (Lipinski definition) is 1. The van der Waals surface area contributed by atoms with Crippen LogP contribution in [0.4, 0.5) is 0 Å². The molecule has 0 fully saturated rings. The van der Waals surface area contributed by atoms with Crippen LogP contribution in [0.5, 0.6) is 0 Å². The number of carbonyl (C=O) groups excluding carboxylic acids is 1. The van der Waals surface area contributed by atoms with E-state index in [2.05, 4.69) is 6.58 Å². The molecule has 1 aromatic heterocycles. The van der Waals surface area contributed by atoms with Gasteiger partial charge in [-0.15, -0.1) is 6.58 Å². The zero-order valence-corrected chi connectivity index (χ0v) is 11.4. The quantitative estimate of drug-likeness (QED) is 0.590. The molecule has 0 saturated heterocycles. The number of allylic oxidation sites excluding steroid dienone is 1. The van der Waals surface area contributed by atoms with Crippen molar-refractivity contribution in [3.8, 4) is 0 Å². The molecule has 2 N–H and O–H groups in total. The number of primary amides is 1. The number of rotatable bonds is 3. The molecule has 3 rings (SSSR count). The maximum absolute atomic E-state index is 12.6. The van der Waals surface area contributed by atoms with Crippen LogP contribution in [0.15, 0.2) is 59.9 Å². The summed E-state index contributed by atoms with van der Waals surface area (Å²) in [6.07, 6.45) is 1.68. The number of carbonyl (C=O) groups is 1. The van der Waals surface area contributed by atoms with Crippen molar-refractivity contribution >= 4 is 27.6 Å². The number of pyridine rings is 1. The van der Waals surface area contributed by atoms with Gasteiger partial charge in [-0.05, 0) is 29.7 Å². The molecule has 0 unspecified atom stereocenters. The van der Waals surface area contributed by atoms with Crippen LogP contribution < -0.4 is 11.3 Å². The van der Waals surface area contributed by atoms with Crippen LogP contribution in [0.1, 0.15) is 10.4 Å². The van der Waals surface area contributed by atoms with Crippen LogP contribution >= 0.6 is 0 Å². The first-order chi connectivity index (χ1) is 10.1. The Hall–Kier alpha value is -2.88. The van der Waals surface area contributed by atoms with Gasteiger partial charge in [0.15, 0.2) is 0 Å². The smallest absolute Gasteiger partial charge is 0.259 e. The van der Waals surface area contributed by atoms with E-state index >= 15 is 0 Å². The molecular formula is C17H14N2O2. The van der Waals surface area contributed by atoms with Gasteiger partial charge in [-0.25, -0.2) is 0 Å². The molecule has 0 atom stereocenters. The van der Waals surface area contributed by atoms with E-state index in [0.717, 1.165) is 16.3 Å². The van der Waals surface area contributed by atoms with Gasteiger partial charge in [0.2, 0.25) is 5.91 Å². The SMILES string of the molecule is C=CCn1c(=O)c2ccccc2c2cc(C(N)=O)ccc21. The van der Waals surface area contributed by atoms with E-state index in [1.54, 1.807) is 34.9 Å². The minimum atomic E-state index is -0.484. The average molecular weight is 278 g/mol. The fourth-order valence-electron chi connectivity index (χ4n) is 2.61. The molecule has 0 aliphatic rings. The minimum Gasteiger partial charge on any atom is -0.366 e. The number of nitrogens with two attached hydrogens (primary N) is 1. The van der Waals surface area contributed by atoms with Crippen molar-refractivity contribution in [2.45, 2.75) is 6.54 Å². The zero-order chi connectivity index (χ0) is 15.0. The molecule has 0 saturated carbocycles. The number of benzene rings is 2. The molecule has 1 heterocycles. The summed E-state index contributed by atoms with van der Waals surface area (Å²) in [6, 6.07) is 12.5. The Morgan fingerprint density at radius 3 is 2.52 bits per heavy atom. The first-order valence-corrected chi connectivity index (χ1v) is 6.59. The van der Waals surface area contributed by atoms with Crippen LogP contribution in [0.3, 0.4) is 0 Å². The van der Waals surface area contributed by atoms with E-state index < -0.39 is 5.91 Å². The molecule has 4 heteroatoms. The molecule has 2 aromatic carbocycles. The number of fused-ring (bicyclic) bond motifs is 3. The first-order valence-electron chi connectivity index (χ1n) is 6.59. The van der Waals surface area contributed by atoms with Gasteiger partial charge in [0.25, 0.3) is 5.56 Å². The summed E-state index contributed by atoms with van der Waals surface area (Å²) < 4.78 is 1.65. The van der Waals surface area contributed by atoms with Gasteiger partial charge in [-0.2, -0.15) is 0 Å². The summed E-state index contributed by atoms with van der Waals surface area (Å²) in [7, 11) is 0. The van der Waals surface area contributed by atoms with E-state index in [1.807, 2.05) is 18.2 Å². The molecule has 1 amide bonds. The molecule has 0 spiro atoms. The summed E-state index contributed by atoms with van der Waals surface area (Å²) in [4.78, 5) is 24.0. The monoisotopic (exact) mass is 278 g/mol. The maximum atomic E-state index is 12.6. The first kappa shape index (κ1) is 13.1.